The average molecular weight is 277 g/mol. The van der Waals surface area contributed by atoms with Crippen LogP contribution in [0.2, 0.25) is 0 Å². The molecule has 0 aromatic carbocycles. The summed E-state index contributed by atoms with van der Waals surface area (Å²) in [4.78, 5) is 6.85. The van der Waals surface area contributed by atoms with Crippen LogP contribution in [0.3, 0.4) is 0 Å². The maximum atomic E-state index is 9.20. The molecule has 1 unspecified atom stereocenters. The molecule has 0 saturated carbocycles. The van der Waals surface area contributed by atoms with E-state index in [1.54, 1.807) is 0 Å². The van der Waals surface area contributed by atoms with Crippen molar-refractivity contribution in [2.75, 3.05) is 31.1 Å². The van der Waals surface area contributed by atoms with Gasteiger partial charge >= 0.3 is 0 Å². The monoisotopic (exact) mass is 277 g/mol. The first-order chi connectivity index (χ1) is 9.74. The Morgan fingerprint density at radius 2 is 2.20 bits per heavy atom. The summed E-state index contributed by atoms with van der Waals surface area (Å²) in [6.07, 6.45) is 5.18. The van der Waals surface area contributed by atoms with Crippen LogP contribution in [0.5, 0.6) is 0 Å². The third kappa shape index (κ3) is 3.93. The van der Waals surface area contributed by atoms with Gasteiger partial charge in [0, 0.05) is 31.9 Å². The van der Waals surface area contributed by atoms with Gasteiger partial charge in [0.25, 0.3) is 0 Å². The number of aromatic nitrogens is 1. The molecule has 0 amide bonds. The van der Waals surface area contributed by atoms with Gasteiger partial charge < -0.3 is 15.3 Å². The van der Waals surface area contributed by atoms with Crippen molar-refractivity contribution in [2.45, 2.75) is 39.2 Å². The van der Waals surface area contributed by atoms with E-state index in [1.807, 2.05) is 6.20 Å². The van der Waals surface area contributed by atoms with Crippen LogP contribution in [0, 0.1) is 5.92 Å². The van der Waals surface area contributed by atoms with Crippen LogP contribution in [-0.2, 0) is 0 Å². The molecule has 2 N–H and O–H groups in total. The van der Waals surface area contributed by atoms with Crippen molar-refractivity contribution < 1.29 is 5.11 Å². The minimum Gasteiger partial charge on any atom is -0.396 e. The Bertz CT molecular complexity index is 402. The van der Waals surface area contributed by atoms with Crippen LogP contribution in [0.15, 0.2) is 18.3 Å². The smallest absolute Gasteiger partial charge is 0.128 e. The molecular weight excluding hydrogens is 250 g/mol. The van der Waals surface area contributed by atoms with Crippen LogP contribution in [0.1, 0.15) is 44.7 Å². The molecule has 20 heavy (non-hydrogen) atoms. The number of aliphatic hydroxyl groups is 1. The zero-order chi connectivity index (χ0) is 14.4. The van der Waals surface area contributed by atoms with Crippen molar-refractivity contribution in [1.29, 1.82) is 0 Å². The summed E-state index contributed by atoms with van der Waals surface area (Å²) < 4.78 is 0. The lowest BCUT2D eigenvalue weighted by molar-refractivity contribution is 0.203. The normalized spacial score (nSPS) is 18.2. The van der Waals surface area contributed by atoms with Crippen LogP contribution >= 0.6 is 0 Å². The van der Waals surface area contributed by atoms with E-state index in [1.165, 1.54) is 5.56 Å². The zero-order valence-corrected chi connectivity index (χ0v) is 12.7. The Morgan fingerprint density at radius 1 is 1.45 bits per heavy atom. The number of nitrogens with one attached hydrogen (secondary N) is 1. The quantitative estimate of drug-likeness (QED) is 0.838. The van der Waals surface area contributed by atoms with Crippen molar-refractivity contribution in [3.05, 3.63) is 23.9 Å². The largest absolute Gasteiger partial charge is 0.396 e. The molecule has 0 aliphatic carbocycles. The molecule has 112 valence electrons. The van der Waals surface area contributed by atoms with Gasteiger partial charge in [-0.3, -0.25) is 0 Å². The fourth-order valence-corrected chi connectivity index (χ4v) is 2.70. The van der Waals surface area contributed by atoms with Crippen LogP contribution in [-0.4, -0.2) is 36.3 Å². The molecule has 0 radical (unpaired) electrons. The minimum atomic E-state index is 0.319. The van der Waals surface area contributed by atoms with E-state index in [4.69, 9.17) is 0 Å². The third-order valence-corrected chi connectivity index (χ3v) is 4.17. The van der Waals surface area contributed by atoms with E-state index in [2.05, 4.69) is 41.2 Å². The number of aliphatic hydroxyl groups excluding tert-OH is 1. The Morgan fingerprint density at radius 3 is 2.85 bits per heavy atom. The van der Waals surface area contributed by atoms with Crippen molar-refractivity contribution in [1.82, 2.24) is 10.3 Å². The Kier molecular flexibility index (Phi) is 5.80. The molecule has 2 rings (SSSR count). The number of hydrogen-bond acceptors (Lipinski definition) is 4. The van der Waals surface area contributed by atoms with Crippen molar-refractivity contribution >= 4 is 5.82 Å². The summed E-state index contributed by atoms with van der Waals surface area (Å²) in [7, 11) is 0. The fraction of sp³-hybridized carbons (Fsp3) is 0.688. The highest BCUT2D eigenvalue weighted by atomic mass is 16.3. The molecule has 1 fully saturated rings. The summed E-state index contributed by atoms with van der Waals surface area (Å²) in [5.74, 6) is 1.55. The summed E-state index contributed by atoms with van der Waals surface area (Å²) in [6.45, 7) is 7.74. The molecule has 1 saturated heterocycles. The van der Waals surface area contributed by atoms with Gasteiger partial charge in [-0.25, -0.2) is 4.98 Å². The summed E-state index contributed by atoms with van der Waals surface area (Å²) >= 11 is 0. The number of nitrogens with zero attached hydrogens (tertiary/aromatic N) is 2. The molecule has 1 atom stereocenters. The highest BCUT2D eigenvalue weighted by Crippen LogP contribution is 2.23. The molecule has 0 spiro atoms. The number of anilines is 1. The van der Waals surface area contributed by atoms with E-state index in [-0.39, 0.29) is 0 Å². The fourth-order valence-electron chi connectivity index (χ4n) is 2.70. The van der Waals surface area contributed by atoms with E-state index in [9.17, 15) is 5.11 Å². The molecule has 2 heterocycles. The maximum Gasteiger partial charge on any atom is 0.128 e. The van der Waals surface area contributed by atoms with Crippen LogP contribution < -0.4 is 10.2 Å². The summed E-state index contributed by atoms with van der Waals surface area (Å²) in [6, 6.07) is 4.66. The van der Waals surface area contributed by atoms with Gasteiger partial charge in [0.05, 0.1) is 0 Å². The third-order valence-electron chi connectivity index (χ3n) is 4.17. The number of rotatable bonds is 6. The van der Waals surface area contributed by atoms with Crippen molar-refractivity contribution in [2.24, 2.45) is 5.92 Å². The number of piperidine rings is 1. The average Bonchev–Trinajstić information content (AvgIpc) is 2.52. The van der Waals surface area contributed by atoms with Crippen LogP contribution in [0.4, 0.5) is 5.82 Å². The summed E-state index contributed by atoms with van der Waals surface area (Å²) in [5, 5.41) is 12.7. The van der Waals surface area contributed by atoms with Gasteiger partial charge in [-0.05, 0) is 56.3 Å². The molecule has 0 bridgehead atoms. The molecule has 1 aromatic heterocycles. The molecule has 4 nitrogen and oxygen atoms in total. The minimum absolute atomic E-state index is 0.319. The molecule has 1 aliphatic heterocycles. The van der Waals surface area contributed by atoms with Crippen LogP contribution in [0.25, 0.3) is 0 Å². The zero-order valence-electron chi connectivity index (χ0n) is 12.7. The highest BCUT2D eigenvalue weighted by Gasteiger charge is 2.19. The predicted molar refractivity (Wildman–Crippen MR) is 83.0 cm³/mol. The predicted octanol–water partition coefficient (Wildman–Crippen LogP) is 2.35. The van der Waals surface area contributed by atoms with E-state index < -0.39 is 0 Å². The van der Waals surface area contributed by atoms with E-state index in [0.717, 1.165) is 44.7 Å². The van der Waals surface area contributed by atoms with Gasteiger partial charge in [0.2, 0.25) is 0 Å². The summed E-state index contributed by atoms with van der Waals surface area (Å²) in [5.41, 5.74) is 1.30. The van der Waals surface area contributed by atoms with Gasteiger partial charge in [0.15, 0.2) is 0 Å². The Labute approximate surface area is 122 Å². The van der Waals surface area contributed by atoms with Gasteiger partial charge in [-0.1, -0.05) is 6.92 Å². The first kappa shape index (κ1) is 15.3. The van der Waals surface area contributed by atoms with Gasteiger partial charge in [0.1, 0.15) is 5.82 Å². The second-order valence-corrected chi connectivity index (χ2v) is 5.74. The first-order valence-electron chi connectivity index (χ1n) is 7.79. The first-order valence-corrected chi connectivity index (χ1v) is 7.79. The lowest BCUT2D eigenvalue weighted by Gasteiger charge is -2.32. The van der Waals surface area contributed by atoms with Gasteiger partial charge in [-0.15, -0.1) is 0 Å². The molecule has 4 heteroatoms. The standard InChI is InChI=1S/C16H27N3O/c1-3-7-17-13(2)15-4-8-18-16(11-15)19-9-5-14(12-20)6-10-19/h4,8,11,13-14,17,20H,3,5-7,9-10,12H2,1-2H3. The Hall–Kier alpha value is -1.13. The number of hydrogen-bond donors (Lipinski definition) is 2. The second kappa shape index (κ2) is 7.60. The highest BCUT2D eigenvalue weighted by molar-refractivity contribution is 5.42. The Balaban J connectivity index is 1.99. The van der Waals surface area contributed by atoms with Gasteiger partial charge in [-0.2, -0.15) is 0 Å². The topological polar surface area (TPSA) is 48.4 Å². The van der Waals surface area contributed by atoms with Crippen molar-refractivity contribution in [3.63, 3.8) is 0 Å². The van der Waals surface area contributed by atoms with E-state index >= 15 is 0 Å². The molecule has 1 aromatic rings. The molecule has 1 aliphatic rings. The lowest BCUT2D eigenvalue weighted by Crippen LogP contribution is -2.35. The lowest BCUT2D eigenvalue weighted by atomic mass is 9.98. The number of pyridine rings is 1. The van der Waals surface area contributed by atoms with E-state index in [0.29, 0.717) is 18.6 Å². The SMILES string of the molecule is CCCNC(C)c1ccnc(N2CCC(CO)CC2)c1. The van der Waals surface area contributed by atoms with Crippen molar-refractivity contribution in [3.8, 4) is 0 Å². The second-order valence-electron chi connectivity index (χ2n) is 5.74. The maximum absolute atomic E-state index is 9.20. The molecular formula is C16H27N3O.